The largest absolute Gasteiger partial charge is 0.504 e. The van der Waals surface area contributed by atoms with Gasteiger partial charge in [0.2, 0.25) is 5.91 Å². The van der Waals surface area contributed by atoms with Crippen LogP contribution in [-0.2, 0) is 11.3 Å². The molecule has 0 unspecified atom stereocenters. The Hall–Kier alpha value is -2.79. The number of phenols is 2. The summed E-state index contributed by atoms with van der Waals surface area (Å²) in [5.74, 6) is -0.394. The van der Waals surface area contributed by atoms with Crippen LogP contribution in [0, 0.1) is 0 Å². The molecule has 1 amide bonds. The minimum Gasteiger partial charge on any atom is -0.504 e. The lowest BCUT2D eigenvalue weighted by Gasteiger charge is -2.34. The van der Waals surface area contributed by atoms with Crippen LogP contribution in [0.2, 0.25) is 0 Å². The number of hydrogen-bond donors (Lipinski definition) is 2. The number of nitrogens with zero attached hydrogens (tertiary/aromatic N) is 2. The van der Waals surface area contributed by atoms with Crippen LogP contribution in [0.1, 0.15) is 11.1 Å². The Kier molecular flexibility index (Phi) is 5.36. The zero-order valence-corrected chi connectivity index (χ0v) is 14.0. The molecule has 1 saturated heterocycles. The van der Waals surface area contributed by atoms with Crippen LogP contribution in [0.4, 0.5) is 0 Å². The second-order valence-corrected chi connectivity index (χ2v) is 6.17. The highest BCUT2D eigenvalue weighted by atomic mass is 16.3. The molecule has 2 aromatic rings. The van der Waals surface area contributed by atoms with Gasteiger partial charge in [-0.05, 0) is 29.3 Å². The second-order valence-electron chi connectivity index (χ2n) is 6.17. The normalized spacial score (nSPS) is 15.6. The number of amides is 1. The summed E-state index contributed by atoms with van der Waals surface area (Å²) in [4.78, 5) is 16.5. The first-order chi connectivity index (χ1) is 12.1. The van der Waals surface area contributed by atoms with E-state index in [2.05, 4.69) is 17.0 Å². The zero-order chi connectivity index (χ0) is 17.6. The maximum Gasteiger partial charge on any atom is 0.246 e. The third kappa shape index (κ3) is 4.61. The highest BCUT2D eigenvalue weighted by molar-refractivity contribution is 5.92. The maximum absolute atomic E-state index is 12.3. The molecule has 1 aliphatic heterocycles. The van der Waals surface area contributed by atoms with E-state index >= 15 is 0 Å². The van der Waals surface area contributed by atoms with Crippen molar-refractivity contribution in [3.8, 4) is 11.5 Å². The molecule has 0 saturated carbocycles. The van der Waals surface area contributed by atoms with Crippen molar-refractivity contribution in [1.82, 2.24) is 9.80 Å². The monoisotopic (exact) mass is 338 g/mol. The SMILES string of the molecule is O=C(C=Cc1ccc(O)c(O)c1)N1CCN(Cc2ccccc2)CC1. The highest BCUT2D eigenvalue weighted by Gasteiger charge is 2.19. The predicted octanol–water partition coefficient (Wildman–Crippen LogP) is 2.46. The average Bonchev–Trinajstić information content (AvgIpc) is 2.64. The molecule has 5 heteroatoms. The van der Waals surface area contributed by atoms with Gasteiger partial charge in [-0.1, -0.05) is 36.4 Å². The number of aromatic hydroxyl groups is 2. The number of rotatable bonds is 4. The molecule has 1 fully saturated rings. The van der Waals surface area contributed by atoms with Crippen molar-refractivity contribution in [2.75, 3.05) is 26.2 Å². The number of hydrogen-bond acceptors (Lipinski definition) is 4. The molecule has 0 aliphatic carbocycles. The molecule has 0 radical (unpaired) electrons. The molecule has 2 N–H and O–H groups in total. The lowest BCUT2D eigenvalue weighted by Crippen LogP contribution is -2.47. The number of phenolic OH excluding ortho intramolecular Hbond substituents is 2. The number of benzene rings is 2. The van der Waals surface area contributed by atoms with Crippen molar-refractivity contribution in [2.45, 2.75) is 6.54 Å². The second kappa shape index (κ2) is 7.85. The Labute approximate surface area is 147 Å². The smallest absolute Gasteiger partial charge is 0.246 e. The lowest BCUT2D eigenvalue weighted by molar-refractivity contribution is -0.127. The predicted molar refractivity (Wildman–Crippen MR) is 97.1 cm³/mol. The Morgan fingerprint density at radius 3 is 2.36 bits per heavy atom. The van der Waals surface area contributed by atoms with Crippen LogP contribution in [-0.4, -0.2) is 52.1 Å². The van der Waals surface area contributed by atoms with Crippen molar-refractivity contribution in [2.24, 2.45) is 0 Å². The minimum atomic E-state index is -0.191. The topological polar surface area (TPSA) is 64.0 Å². The Morgan fingerprint density at radius 2 is 1.68 bits per heavy atom. The Bertz CT molecular complexity index is 751. The number of piperazine rings is 1. The third-order valence-electron chi connectivity index (χ3n) is 4.35. The van der Waals surface area contributed by atoms with Gasteiger partial charge >= 0.3 is 0 Å². The standard InChI is InChI=1S/C20H22N2O3/c23-18-8-6-16(14-19(18)24)7-9-20(25)22-12-10-21(11-13-22)15-17-4-2-1-3-5-17/h1-9,14,23-24H,10-13,15H2. The maximum atomic E-state index is 12.3. The van der Waals surface area contributed by atoms with E-state index in [1.807, 2.05) is 23.1 Å². The van der Waals surface area contributed by atoms with Gasteiger partial charge in [0.1, 0.15) is 0 Å². The third-order valence-corrected chi connectivity index (χ3v) is 4.35. The van der Waals surface area contributed by atoms with E-state index in [1.54, 1.807) is 12.1 Å². The fourth-order valence-electron chi connectivity index (χ4n) is 2.89. The molecule has 130 valence electrons. The zero-order valence-electron chi connectivity index (χ0n) is 14.0. The van der Waals surface area contributed by atoms with Crippen LogP contribution in [0.25, 0.3) is 6.08 Å². The first-order valence-electron chi connectivity index (χ1n) is 8.37. The van der Waals surface area contributed by atoms with E-state index < -0.39 is 0 Å². The molecule has 5 nitrogen and oxygen atoms in total. The Balaban J connectivity index is 1.51. The van der Waals surface area contributed by atoms with Gasteiger partial charge in [0, 0.05) is 38.8 Å². The van der Waals surface area contributed by atoms with Gasteiger partial charge < -0.3 is 15.1 Å². The molecule has 25 heavy (non-hydrogen) atoms. The highest BCUT2D eigenvalue weighted by Crippen LogP contribution is 2.25. The summed E-state index contributed by atoms with van der Waals surface area (Å²) in [6, 6.07) is 14.8. The fourth-order valence-corrected chi connectivity index (χ4v) is 2.89. The van der Waals surface area contributed by atoms with Crippen LogP contribution >= 0.6 is 0 Å². The lowest BCUT2D eigenvalue weighted by atomic mass is 10.1. The quantitative estimate of drug-likeness (QED) is 0.664. The summed E-state index contributed by atoms with van der Waals surface area (Å²) in [6.07, 6.45) is 3.16. The summed E-state index contributed by atoms with van der Waals surface area (Å²) < 4.78 is 0. The van der Waals surface area contributed by atoms with Crippen molar-refractivity contribution < 1.29 is 15.0 Å². The minimum absolute atomic E-state index is 0.0353. The van der Waals surface area contributed by atoms with E-state index in [1.165, 1.54) is 23.8 Å². The number of carbonyl (C=O) groups excluding carboxylic acids is 1. The van der Waals surface area contributed by atoms with Gasteiger partial charge in [0.05, 0.1) is 0 Å². The van der Waals surface area contributed by atoms with E-state index in [-0.39, 0.29) is 17.4 Å². The van der Waals surface area contributed by atoms with Gasteiger partial charge in [-0.25, -0.2) is 0 Å². The molecule has 0 bridgehead atoms. The molecule has 2 aromatic carbocycles. The van der Waals surface area contributed by atoms with Gasteiger partial charge in [-0.15, -0.1) is 0 Å². The van der Waals surface area contributed by atoms with Crippen LogP contribution in [0.3, 0.4) is 0 Å². The molecular weight excluding hydrogens is 316 g/mol. The summed E-state index contributed by atoms with van der Waals surface area (Å²) in [5.41, 5.74) is 1.96. The summed E-state index contributed by atoms with van der Waals surface area (Å²) in [7, 11) is 0. The van der Waals surface area contributed by atoms with Crippen LogP contribution in [0.5, 0.6) is 11.5 Å². The van der Waals surface area contributed by atoms with Gasteiger partial charge in [0.15, 0.2) is 11.5 Å². The Morgan fingerprint density at radius 1 is 0.960 bits per heavy atom. The van der Waals surface area contributed by atoms with Gasteiger partial charge in [0.25, 0.3) is 0 Å². The molecular formula is C20H22N2O3. The molecule has 1 aliphatic rings. The van der Waals surface area contributed by atoms with E-state index in [9.17, 15) is 15.0 Å². The van der Waals surface area contributed by atoms with Crippen LogP contribution < -0.4 is 0 Å². The van der Waals surface area contributed by atoms with Gasteiger partial charge in [-0.2, -0.15) is 0 Å². The summed E-state index contributed by atoms with van der Waals surface area (Å²) >= 11 is 0. The van der Waals surface area contributed by atoms with Crippen molar-refractivity contribution in [1.29, 1.82) is 0 Å². The fraction of sp³-hybridized carbons (Fsp3) is 0.250. The molecule has 0 spiro atoms. The van der Waals surface area contributed by atoms with Gasteiger partial charge in [-0.3, -0.25) is 9.69 Å². The van der Waals surface area contributed by atoms with Crippen molar-refractivity contribution >= 4 is 12.0 Å². The average molecular weight is 338 g/mol. The van der Waals surface area contributed by atoms with E-state index in [4.69, 9.17) is 0 Å². The molecule has 0 aromatic heterocycles. The van der Waals surface area contributed by atoms with Crippen molar-refractivity contribution in [3.05, 3.63) is 65.7 Å². The van der Waals surface area contributed by atoms with E-state index in [0.717, 1.165) is 19.6 Å². The summed E-state index contributed by atoms with van der Waals surface area (Å²) in [6.45, 7) is 4.03. The van der Waals surface area contributed by atoms with Crippen molar-refractivity contribution in [3.63, 3.8) is 0 Å². The van der Waals surface area contributed by atoms with E-state index in [0.29, 0.717) is 18.7 Å². The van der Waals surface area contributed by atoms with Crippen LogP contribution in [0.15, 0.2) is 54.6 Å². The number of carbonyl (C=O) groups is 1. The first kappa shape index (κ1) is 17.0. The molecule has 0 atom stereocenters. The first-order valence-corrected chi connectivity index (χ1v) is 8.37. The molecule has 3 rings (SSSR count). The molecule has 1 heterocycles. The summed E-state index contributed by atoms with van der Waals surface area (Å²) in [5, 5.41) is 18.8.